The average molecular weight is 458 g/mol. The molecule has 9 heteroatoms. The fraction of sp³-hybridized carbons (Fsp3) is 0.435. The molecule has 2 N–H and O–H groups in total. The number of piperazine rings is 1. The Morgan fingerprint density at radius 3 is 2.66 bits per heavy atom. The van der Waals surface area contributed by atoms with Crippen LogP contribution in [0.5, 0.6) is 5.75 Å². The molecule has 1 aromatic heterocycles. The molecule has 4 rings (SSSR count). The SMILES string of the molecule is [C-]#[N+]c1ccc(OC2CCC(NC(=O)c3cnc(N4CCNCC4)c(F)c3)CC2)cc1Cl. The smallest absolute Gasteiger partial charge is 0.253 e. The van der Waals surface area contributed by atoms with Crippen molar-refractivity contribution in [3.8, 4) is 5.75 Å². The molecule has 168 valence electrons. The van der Waals surface area contributed by atoms with Gasteiger partial charge in [-0.05, 0) is 43.9 Å². The number of rotatable bonds is 5. The van der Waals surface area contributed by atoms with E-state index in [9.17, 15) is 9.18 Å². The summed E-state index contributed by atoms with van der Waals surface area (Å²) < 4.78 is 20.6. The normalized spacial score (nSPS) is 21.0. The second-order valence-corrected chi connectivity index (χ2v) is 8.46. The average Bonchev–Trinajstić information content (AvgIpc) is 2.81. The van der Waals surface area contributed by atoms with E-state index in [2.05, 4.69) is 20.5 Å². The van der Waals surface area contributed by atoms with Gasteiger partial charge in [0.05, 0.1) is 23.3 Å². The molecule has 2 heterocycles. The van der Waals surface area contributed by atoms with Crippen molar-refractivity contribution in [2.45, 2.75) is 37.8 Å². The van der Waals surface area contributed by atoms with Gasteiger partial charge >= 0.3 is 0 Å². The van der Waals surface area contributed by atoms with Crippen LogP contribution >= 0.6 is 11.6 Å². The number of pyridine rings is 1. The van der Waals surface area contributed by atoms with Gasteiger partial charge < -0.3 is 20.3 Å². The molecule has 1 amide bonds. The van der Waals surface area contributed by atoms with Crippen LogP contribution < -0.4 is 20.3 Å². The van der Waals surface area contributed by atoms with E-state index in [-0.39, 0.29) is 23.6 Å². The van der Waals surface area contributed by atoms with Crippen molar-refractivity contribution in [2.75, 3.05) is 31.1 Å². The predicted molar refractivity (Wildman–Crippen MR) is 121 cm³/mol. The zero-order valence-corrected chi connectivity index (χ0v) is 18.4. The summed E-state index contributed by atoms with van der Waals surface area (Å²) in [5.74, 6) is 0.153. The van der Waals surface area contributed by atoms with Crippen LogP contribution in [-0.4, -0.2) is 49.2 Å². The van der Waals surface area contributed by atoms with Gasteiger partial charge in [0.25, 0.3) is 5.91 Å². The molecule has 7 nitrogen and oxygen atoms in total. The molecule has 1 aliphatic carbocycles. The Morgan fingerprint density at radius 2 is 2.00 bits per heavy atom. The first-order valence-corrected chi connectivity index (χ1v) is 11.2. The van der Waals surface area contributed by atoms with E-state index >= 15 is 0 Å². The lowest BCUT2D eigenvalue weighted by Gasteiger charge is -2.30. The molecular weight excluding hydrogens is 433 g/mol. The zero-order valence-electron chi connectivity index (χ0n) is 17.6. The highest BCUT2D eigenvalue weighted by atomic mass is 35.5. The van der Waals surface area contributed by atoms with E-state index in [4.69, 9.17) is 22.9 Å². The number of halogens is 2. The number of nitrogens with zero attached hydrogens (tertiary/aromatic N) is 3. The van der Waals surface area contributed by atoms with Gasteiger partial charge in [0, 0.05) is 38.4 Å². The van der Waals surface area contributed by atoms with Crippen LogP contribution in [0.25, 0.3) is 4.85 Å². The van der Waals surface area contributed by atoms with E-state index in [1.54, 1.807) is 18.2 Å². The van der Waals surface area contributed by atoms with E-state index in [1.165, 1.54) is 12.3 Å². The monoisotopic (exact) mass is 457 g/mol. The second-order valence-electron chi connectivity index (χ2n) is 8.06. The zero-order chi connectivity index (χ0) is 22.5. The van der Waals surface area contributed by atoms with Gasteiger partial charge in [-0.2, -0.15) is 0 Å². The summed E-state index contributed by atoms with van der Waals surface area (Å²) in [5.41, 5.74) is 0.631. The minimum Gasteiger partial charge on any atom is -0.490 e. The summed E-state index contributed by atoms with van der Waals surface area (Å²) in [5, 5.41) is 6.59. The Hall–Kier alpha value is -2.89. The van der Waals surface area contributed by atoms with E-state index < -0.39 is 5.82 Å². The minimum atomic E-state index is -0.473. The molecule has 1 saturated heterocycles. The number of benzene rings is 1. The number of amides is 1. The van der Waals surface area contributed by atoms with E-state index in [0.717, 1.165) is 38.8 Å². The maximum atomic E-state index is 14.6. The molecule has 2 aromatic rings. The topological polar surface area (TPSA) is 70.8 Å². The van der Waals surface area contributed by atoms with Gasteiger partial charge in [0.1, 0.15) is 5.75 Å². The molecule has 0 radical (unpaired) electrons. The Bertz CT molecular complexity index is 1010. The molecule has 1 saturated carbocycles. The number of anilines is 1. The van der Waals surface area contributed by atoms with Crippen molar-refractivity contribution in [3.63, 3.8) is 0 Å². The number of carbonyl (C=O) groups excluding carboxylic acids is 1. The minimum absolute atomic E-state index is 0.00587. The van der Waals surface area contributed by atoms with Crippen molar-refractivity contribution < 1.29 is 13.9 Å². The molecule has 2 aliphatic rings. The largest absolute Gasteiger partial charge is 0.490 e. The van der Waals surface area contributed by atoms with Crippen molar-refractivity contribution >= 4 is 29.0 Å². The first-order valence-electron chi connectivity index (χ1n) is 10.8. The van der Waals surface area contributed by atoms with Crippen molar-refractivity contribution in [1.82, 2.24) is 15.6 Å². The molecule has 0 spiro atoms. The first kappa shape index (κ1) is 22.3. The summed E-state index contributed by atoms with van der Waals surface area (Å²) in [4.78, 5) is 22.0. The molecular formula is C23H25ClFN5O2. The van der Waals surface area contributed by atoms with Crippen LogP contribution in [0, 0.1) is 12.4 Å². The van der Waals surface area contributed by atoms with Crippen LogP contribution in [0.2, 0.25) is 5.02 Å². The van der Waals surface area contributed by atoms with Crippen LogP contribution in [-0.2, 0) is 0 Å². The Labute approximate surface area is 191 Å². The van der Waals surface area contributed by atoms with Gasteiger partial charge in [-0.25, -0.2) is 14.2 Å². The molecule has 0 atom stereocenters. The number of ether oxygens (including phenoxy) is 1. The maximum absolute atomic E-state index is 14.6. The number of hydrogen-bond donors (Lipinski definition) is 2. The highest BCUT2D eigenvalue weighted by Gasteiger charge is 2.25. The fourth-order valence-corrected chi connectivity index (χ4v) is 4.31. The Balaban J connectivity index is 1.28. The first-order chi connectivity index (χ1) is 15.5. The number of aromatic nitrogens is 1. The standard InChI is InChI=1S/C23H25ClFN5O2/c1-26-21-7-6-18(13-19(21)24)32-17-4-2-16(3-5-17)29-23(31)15-12-20(25)22(28-14-15)30-10-8-27-9-11-30/h6-7,12-14,16-17,27H,2-5,8-11H2,(H,29,31). The molecule has 2 fully saturated rings. The molecule has 32 heavy (non-hydrogen) atoms. The van der Waals surface area contributed by atoms with Crippen molar-refractivity contribution in [1.29, 1.82) is 0 Å². The molecule has 1 aromatic carbocycles. The lowest BCUT2D eigenvalue weighted by atomic mass is 9.92. The molecule has 0 bridgehead atoms. The quantitative estimate of drug-likeness (QED) is 0.665. The second kappa shape index (κ2) is 10.2. The fourth-order valence-electron chi connectivity index (χ4n) is 4.10. The van der Waals surface area contributed by atoms with Gasteiger partial charge in [-0.1, -0.05) is 17.7 Å². The van der Waals surface area contributed by atoms with Crippen LogP contribution in [0.15, 0.2) is 30.5 Å². The third-order valence-corrected chi connectivity index (χ3v) is 6.15. The van der Waals surface area contributed by atoms with E-state index in [0.29, 0.717) is 35.4 Å². The Kier molecular flexibility index (Phi) is 7.08. The molecule has 0 unspecified atom stereocenters. The summed E-state index contributed by atoms with van der Waals surface area (Å²) in [6.07, 6.45) is 4.55. The maximum Gasteiger partial charge on any atom is 0.253 e. The highest BCUT2D eigenvalue weighted by molar-refractivity contribution is 6.33. The molecule has 1 aliphatic heterocycles. The number of hydrogen-bond acceptors (Lipinski definition) is 5. The third kappa shape index (κ3) is 5.29. The van der Waals surface area contributed by atoms with Gasteiger partial charge in [-0.15, -0.1) is 0 Å². The lowest BCUT2D eigenvalue weighted by molar-refractivity contribution is 0.0893. The third-order valence-electron chi connectivity index (χ3n) is 5.85. The highest BCUT2D eigenvalue weighted by Crippen LogP contribution is 2.31. The van der Waals surface area contributed by atoms with Gasteiger partial charge in [0.15, 0.2) is 11.6 Å². The predicted octanol–water partition coefficient (Wildman–Crippen LogP) is 3.95. The van der Waals surface area contributed by atoms with Crippen molar-refractivity contribution in [3.05, 3.63) is 58.3 Å². The summed E-state index contributed by atoms with van der Waals surface area (Å²) in [7, 11) is 0. The Morgan fingerprint density at radius 1 is 1.25 bits per heavy atom. The summed E-state index contributed by atoms with van der Waals surface area (Å²) >= 11 is 6.07. The summed E-state index contributed by atoms with van der Waals surface area (Å²) in [6, 6.07) is 6.33. The van der Waals surface area contributed by atoms with Gasteiger partial charge in [0.2, 0.25) is 5.69 Å². The van der Waals surface area contributed by atoms with Crippen LogP contribution in [0.3, 0.4) is 0 Å². The lowest BCUT2D eigenvalue weighted by Crippen LogP contribution is -2.44. The van der Waals surface area contributed by atoms with Crippen LogP contribution in [0.1, 0.15) is 36.0 Å². The van der Waals surface area contributed by atoms with Crippen LogP contribution in [0.4, 0.5) is 15.9 Å². The van der Waals surface area contributed by atoms with E-state index in [1.807, 2.05) is 4.90 Å². The summed E-state index contributed by atoms with van der Waals surface area (Å²) in [6.45, 7) is 10.0. The number of carbonyl (C=O) groups is 1. The number of nitrogens with one attached hydrogen (secondary N) is 2. The van der Waals surface area contributed by atoms with Crippen molar-refractivity contribution in [2.24, 2.45) is 0 Å². The van der Waals surface area contributed by atoms with Gasteiger partial charge in [-0.3, -0.25) is 4.79 Å².